The Morgan fingerprint density at radius 1 is 1.07 bits per heavy atom. The Kier molecular flexibility index (Phi) is 6.10. The number of carboxylic acid groups (broad SMARTS) is 1. The first kappa shape index (κ1) is 18.5. The van der Waals surface area contributed by atoms with E-state index in [4.69, 9.17) is 9.84 Å². The van der Waals surface area contributed by atoms with Gasteiger partial charge in [0.15, 0.2) is 0 Å². The summed E-state index contributed by atoms with van der Waals surface area (Å²) in [5.41, 5.74) is 2.01. The normalized spacial score (nSPS) is 10.7. The molecule has 0 unspecified atom stereocenters. The number of rotatable bonds is 9. The van der Waals surface area contributed by atoms with Crippen molar-refractivity contribution in [3.8, 4) is 5.75 Å². The van der Waals surface area contributed by atoms with E-state index in [1.54, 1.807) is 0 Å². The SMILES string of the molecule is O=C(O)CCCNC(=O)Cn1ccc2ccc(OCc3ccccc3)cc21. The smallest absolute Gasteiger partial charge is 0.303 e. The first-order chi connectivity index (χ1) is 13.1. The van der Waals surface area contributed by atoms with E-state index in [1.165, 1.54) is 0 Å². The summed E-state index contributed by atoms with van der Waals surface area (Å²) in [6.07, 6.45) is 2.34. The highest BCUT2D eigenvalue weighted by atomic mass is 16.5. The number of nitrogens with one attached hydrogen (secondary N) is 1. The van der Waals surface area contributed by atoms with Gasteiger partial charge in [-0.1, -0.05) is 30.3 Å². The molecule has 140 valence electrons. The number of aromatic nitrogens is 1. The van der Waals surface area contributed by atoms with Crippen LogP contribution >= 0.6 is 0 Å². The number of carbonyl (C=O) groups is 2. The topological polar surface area (TPSA) is 80.6 Å². The molecule has 0 atom stereocenters. The van der Waals surface area contributed by atoms with Gasteiger partial charge in [-0.15, -0.1) is 0 Å². The molecule has 0 bridgehead atoms. The van der Waals surface area contributed by atoms with Gasteiger partial charge in [0.2, 0.25) is 5.91 Å². The number of fused-ring (bicyclic) bond motifs is 1. The number of nitrogens with zero attached hydrogens (tertiary/aromatic N) is 1. The highest BCUT2D eigenvalue weighted by Crippen LogP contribution is 2.23. The van der Waals surface area contributed by atoms with Crippen LogP contribution in [0.2, 0.25) is 0 Å². The Morgan fingerprint density at radius 2 is 1.89 bits per heavy atom. The van der Waals surface area contributed by atoms with E-state index in [9.17, 15) is 9.59 Å². The molecule has 0 aliphatic rings. The predicted octanol–water partition coefficient (Wildman–Crippen LogP) is 3.20. The molecule has 1 heterocycles. The highest BCUT2D eigenvalue weighted by Gasteiger charge is 2.08. The maximum Gasteiger partial charge on any atom is 0.303 e. The van der Waals surface area contributed by atoms with Crippen LogP contribution in [0.5, 0.6) is 5.75 Å². The largest absolute Gasteiger partial charge is 0.489 e. The minimum absolute atomic E-state index is 0.0504. The molecule has 0 saturated carbocycles. The van der Waals surface area contributed by atoms with Crippen LogP contribution in [0.4, 0.5) is 0 Å². The average molecular weight is 366 g/mol. The third-order valence-corrected chi connectivity index (χ3v) is 4.20. The summed E-state index contributed by atoms with van der Waals surface area (Å²) in [6.45, 7) is 1.02. The van der Waals surface area contributed by atoms with Crippen molar-refractivity contribution in [2.24, 2.45) is 0 Å². The number of amides is 1. The van der Waals surface area contributed by atoms with Crippen LogP contribution in [0, 0.1) is 0 Å². The van der Waals surface area contributed by atoms with Gasteiger partial charge in [-0.3, -0.25) is 9.59 Å². The molecule has 3 aromatic rings. The molecule has 2 N–H and O–H groups in total. The number of hydrogen-bond donors (Lipinski definition) is 2. The van der Waals surface area contributed by atoms with Crippen LogP contribution < -0.4 is 10.1 Å². The lowest BCUT2D eigenvalue weighted by molar-refractivity contribution is -0.137. The van der Waals surface area contributed by atoms with Crippen molar-refractivity contribution in [1.29, 1.82) is 0 Å². The van der Waals surface area contributed by atoms with Crippen LogP contribution in [0.3, 0.4) is 0 Å². The maximum atomic E-state index is 12.1. The van der Waals surface area contributed by atoms with Gasteiger partial charge in [-0.05, 0) is 35.6 Å². The molecule has 2 aromatic carbocycles. The molecular formula is C21H22N2O4. The second-order valence-corrected chi connectivity index (χ2v) is 6.29. The van der Waals surface area contributed by atoms with Crippen molar-refractivity contribution in [3.05, 3.63) is 66.4 Å². The number of ether oxygens (including phenoxy) is 1. The van der Waals surface area contributed by atoms with E-state index in [0.29, 0.717) is 19.6 Å². The molecule has 0 aliphatic heterocycles. The Morgan fingerprint density at radius 3 is 2.67 bits per heavy atom. The number of carbonyl (C=O) groups excluding carboxylic acids is 1. The van der Waals surface area contributed by atoms with Gasteiger partial charge in [-0.2, -0.15) is 0 Å². The summed E-state index contributed by atoms with van der Waals surface area (Å²) < 4.78 is 7.72. The van der Waals surface area contributed by atoms with E-state index in [2.05, 4.69) is 5.32 Å². The average Bonchev–Trinajstić information content (AvgIpc) is 3.06. The molecule has 6 nitrogen and oxygen atoms in total. The lowest BCUT2D eigenvalue weighted by Gasteiger charge is -2.09. The number of benzene rings is 2. The van der Waals surface area contributed by atoms with Crippen molar-refractivity contribution in [1.82, 2.24) is 9.88 Å². The summed E-state index contributed by atoms with van der Waals surface area (Å²) >= 11 is 0. The Balaban J connectivity index is 1.60. The van der Waals surface area contributed by atoms with Crippen molar-refractivity contribution in [3.63, 3.8) is 0 Å². The summed E-state index contributed by atoms with van der Waals surface area (Å²) in [7, 11) is 0. The van der Waals surface area contributed by atoms with Crippen molar-refractivity contribution < 1.29 is 19.4 Å². The Bertz CT molecular complexity index is 918. The quantitative estimate of drug-likeness (QED) is 0.570. The molecular weight excluding hydrogens is 344 g/mol. The molecule has 1 amide bonds. The van der Waals surface area contributed by atoms with E-state index >= 15 is 0 Å². The Hall–Kier alpha value is -3.28. The third-order valence-electron chi connectivity index (χ3n) is 4.20. The zero-order valence-electron chi connectivity index (χ0n) is 14.9. The number of aliphatic carboxylic acids is 1. The van der Waals surface area contributed by atoms with Crippen LogP contribution in [0.1, 0.15) is 18.4 Å². The van der Waals surface area contributed by atoms with E-state index in [1.807, 2.05) is 65.4 Å². The lowest BCUT2D eigenvalue weighted by Crippen LogP contribution is -2.28. The van der Waals surface area contributed by atoms with Crippen LogP contribution in [0.25, 0.3) is 10.9 Å². The fraction of sp³-hybridized carbons (Fsp3) is 0.238. The monoisotopic (exact) mass is 366 g/mol. The van der Waals surface area contributed by atoms with Crippen LogP contribution in [0.15, 0.2) is 60.8 Å². The number of carboxylic acids is 1. The third kappa shape index (κ3) is 5.34. The first-order valence-corrected chi connectivity index (χ1v) is 8.86. The molecule has 0 aliphatic carbocycles. The predicted molar refractivity (Wildman–Crippen MR) is 103 cm³/mol. The summed E-state index contributed by atoms with van der Waals surface area (Å²) in [5, 5.41) is 12.4. The molecule has 6 heteroatoms. The first-order valence-electron chi connectivity index (χ1n) is 8.86. The molecule has 1 aromatic heterocycles. The highest BCUT2D eigenvalue weighted by molar-refractivity contribution is 5.84. The van der Waals surface area contributed by atoms with E-state index in [-0.39, 0.29) is 18.9 Å². The molecule has 0 radical (unpaired) electrons. The van der Waals surface area contributed by atoms with Gasteiger partial charge in [-0.25, -0.2) is 0 Å². The minimum Gasteiger partial charge on any atom is -0.489 e. The molecule has 3 rings (SSSR count). The second kappa shape index (κ2) is 8.89. The van der Waals surface area contributed by atoms with Gasteiger partial charge < -0.3 is 19.7 Å². The Labute approximate surface area is 157 Å². The van der Waals surface area contributed by atoms with Crippen molar-refractivity contribution >= 4 is 22.8 Å². The van der Waals surface area contributed by atoms with Crippen molar-refractivity contribution in [2.45, 2.75) is 26.0 Å². The minimum atomic E-state index is -0.858. The van der Waals surface area contributed by atoms with Gasteiger partial charge in [0.25, 0.3) is 0 Å². The van der Waals surface area contributed by atoms with E-state index in [0.717, 1.165) is 22.2 Å². The van der Waals surface area contributed by atoms with Gasteiger partial charge in [0, 0.05) is 25.2 Å². The van der Waals surface area contributed by atoms with Crippen molar-refractivity contribution in [2.75, 3.05) is 6.54 Å². The molecule has 0 fully saturated rings. The molecule has 0 saturated heterocycles. The van der Waals surface area contributed by atoms with Gasteiger partial charge in [0.05, 0.1) is 5.52 Å². The zero-order valence-corrected chi connectivity index (χ0v) is 14.9. The standard InChI is InChI=1S/C21H22N2O4/c24-20(22-11-4-7-21(25)26)14-23-12-10-17-8-9-18(13-19(17)23)27-15-16-5-2-1-3-6-16/h1-3,5-6,8-10,12-13H,4,7,11,14-15H2,(H,22,24)(H,25,26). The summed E-state index contributed by atoms with van der Waals surface area (Å²) in [4.78, 5) is 22.6. The summed E-state index contributed by atoms with van der Waals surface area (Å²) in [5.74, 6) is -0.259. The molecule has 0 spiro atoms. The molecule has 27 heavy (non-hydrogen) atoms. The second-order valence-electron chi connectivity index (χ2n) is 6.29. The van der Waals surface area contributed by atoms with Crippen LogP contribution in [-0.4, -0.2) is 28.1 Å². The van der Waals surface area contributed by atoms with Crippen LogP contribution in [-0.2, 0) is 22.7 Å². The zero-order chi connectivity index (χ0) is 19.1. The van der Waals surface area contributed by atoms with Gasteiger partial charge in [0.1, 0.15) is 18.9 Å². The summed E-state index contributed by atoms with van der Waals surface area (Å²) in [6, 6.07) is 17.7. The fourth-order valence-corrected chi connectivity index (χ4v) is 2.81. The van der Waals surface area contributed by atoms with E-state index < -0.39 is 5.97 Å². The van der Waals surface area contributed by atoms with Gasteiger partial charge >= 0.3 is 5.97 Å². The maximum absolute atomic E-state index is 12.1. The lowest BCUT2D eigenvalue weighted by atomic mass is 10.2. The number of hydrogen-bond acceptors (Lipinski definition) is 3. The fourth-order valence-electron chi connectivity index (χ4n) is 2.81.